The Morgan fingerprint density at radius 1 is 1.17 bits per heavy atom. The molecule has 0 aliphatic carbocycles. The first-order valence-electron chi connectivity index (χ1n) is 8.09. The van der Waals surface area contributed by atoms with E-state index < -0.39 is 0 Å². The summed E-state index contributed by atoms with van der Waals surface area (Å²) in [5.41, 5.74) is 2.22. The van der Waals surface area contributed by atoms with Crippen molar-refractivity contribution in [2.75, 3.05) is 24.3 Å². The molecule has 2 rings (SSSR count). The molecule has 0 aliphatic rings. The van der Waals surface area contributed by atoms with Crippen molar-refractivity contribution in [3.8, 4) is 5.75 Å². The molecule has 1 unspecified atom stereocenters. The van der Waals surface area contributed by atoms with E-state index in [9.17, 15) is 0 Å². The number of methoxy groups -OCH3 is 1. The molecule has 23 heavy (non-hydrogen) atoms. The van der Waals surface area contributed by atoms with Gasteiger partial charge in [0.2, 0.25) is 5.95 Å². The van der Waals surface area contributed by atoms with Crippen molar-refractivity contribution in [3.63, 3.8) is 0 Å². The molecule has 1 aromatic carbocycles. The van der Waals surface area contributed by atoms with E-state index in [1.165, 1.54) is 5.56 Å². The highest BCUT2D eigenvalue weighted by molar-refractivity contribution is 5.42. The van der Waals surface area contributed by atoms with Crippen LogP contribution in [0.3, 0.4) is 0 Å². The van der Waals surface area contributed by atoms with Crippen molar-refractivity contribution in [1.82, 2.24) is 9.97 Å². The molecule has 0 saturated carbocycles. The van der Waals surface area contributed by atoms with E-state index in [0.717, 1.165) is 36.6 Å². The van der Waals surface area contributed by atoms with Crippen molar-refractivity contribution in [2.24, 2.45) is 0 Å². The van der Waals surface area contributed by atoms with Gasteiger partial charge in [0.15, 0.2) is 0 Å². The third-order valence-electron chi connectivity index (χ3n) is 3.72. The van der Waals surface area contributed by atoms with Crippen molar-refractivity contribution in [2.45, 2.75) is 39.7 Å². The minimum atomic E-state index is 0.365. The summed E-state index contributed by atoms with van der Waals surface area (Å²) >= 11 is 0. The van der Waals surface area contributed by atoms with E-state index in [0.29, 0.717) is 12.0 Å². The predicted octanol–water partition coefficient (Wildman–Crippen LogP) is 3.66. The van der Waals surface area contributed by atoms with Gasteiger partial charge in [0, 0.05) is 24.3 Å². The van der Waals surface area contributed by atoms with Gasteiger partial charge in [-0.05, 0) is 44.4 Å². The fourth-order valence-corrected chi connectivity index (χ4v) is 2.17. The molecule has 1 aromatic heterocycles. The second-order valence-electron chi connectivity index (χ2n) is 5.70. The number of benzene rings is 1. The minimum Gasteiger partial charge on any atom is -0.497 e. The molecule has 0 aliphatic heterocycles. The van der Waals surface area contributed by atoms with E-state index in [-0.39, 0.29) is 0 Å². The van der Waals surface area contributed by atoms with Crippen LogP contribution in [0.2, 0.25) is 0 Å². The van der Waals surface area contributed by atoms with Crippen LogP contribution in [0.15, 0.2) is 30.3 Å². The number of nitrogens with zero attached hydrogens (tertiary/aromatic N) is 2. The van der Waals surface area contributed by atoms with Gasteiger partial charge < -0.3 is 15.4 Å². The van der Waals surface area contributed by atoms with Crippen molar-refractivity contribution >= 4 is 11.8 Å². The van der Waals surface area contributed by atoms with Crippen LogP contribution >= 0.6 is 0 Å². The molecular formula is C18H26N4O. The lowest BCUT2D eigenvalue weighted by molar-refractivity contribution is 0.414. The Balaban J connectivity index is 1.91. The minimum absolute atomic E-state index is 0.365. The lowest BCUT2D eigenvalue weighted by Gasteiger charge is -2.13. The fourth-order valence-electron chi connectivity index (χ4n) is 2.17. The predicted molar refractivity (Wildman–Crippen MR) is 95.3 cm³/mol. The largest absolute Gasteiger partial charge is 0.497 e. The van der Waals surface area contributed by atoms with Gasteiger partial charge in [0.1, 0.15) is 11.6 Å². The lowest BCUT2D eigenvalue weighted by Crippen LogP contribution is -2.17. The quantitative estimate of drug-likeness (QED) is 0.779. The van der Waals surface area contributed by atoms with Crippen molar-refractivity contribution in [1.29, 1.82) is 0 Å². The zero-order valence-corrected chi connectivity index (χ0v) is 14.4. The molecule has 0 bridgehead atoms. The second-order valence-corrected chi connectivity index (χ2v) is 5.70. The van der Waals surface area contributed by atoms with Gasteiger partial charge in [-0.25, -0.2) is 4.98 Å². The zero-order chi connectivity index (χ0) is 16.7. The Hall–Kier alpha value is -2.30. The molecule has 0 amide bonds. The molecule has 1 heterocycles. The Labute approximate surface area is 138 Å². The zero-order valence-electron chi connectivity index (χ0n) is 14.4. The maximum Gasteiger partial charge on any atom is 0.225 e. The van der Waals surface area contributed by atoms with Gasteiger partial charge in [-0.1, -0.05) is 19.1 Å². The van der Waals surface area contributed by atoms with Gasteiger partial charge in [0.05, 0.1) is 7.11 Å². The molecule has 2 aromatic rings. The standard InChI is InChI=1S/C18H26N4O/c1-5-13(2)20-18-21-14(3)12-17(22-18)19-11-10-15-6-8-16(23-4)9-7-15/h6-9,12-13H,5,10-11H2,1-4H3,(H2,19,20,21,22). The summed E-state index contributed by atoms with van der Waals surface area (Å²) in [7, 11) is 1.68. The van der Waals surface area contributed by atoms with Crippen molar-refractivity contribution < 1.29 is 4.74 Å². The first-order valence-corrected chi connectivity index (χ1v) is 8.09. The first kappa shape index (κ1) is 17.1. The van der Waals surface area contributed by atoms with Gasteiger partial charge >= 0.3 is 0 Å². The molecular weight excluding hydrogens is 288 g/mol. The molecule has 0 fully saturated rings. The number of aryl methyl sites for hydroxylation is 1. The summed E-state index contributed by atoms with van der Waals surface area (Å²) in [4.78, 5) is 8.96. The molecule has 0 radical (unpaired) electrons. The maximum absolute atomic E-state index is 5.17. The van der Waals surface area contributed by atoms with E-state index in [1.807, 2.05) is 25.1 Å². The molecule has 0 spiro atoms. The highest BCUT2D eigenvalue weighted by Crippen LogP contribution is 2.13. The molecule has 124 valence electrons. The van der Waals surface area contributed by atoms with Crippen LogP contribution < -0.4 is 15.4 Å². The van der Waals surface area contributed by atoms with E-state index in [4.69, 9.17) is 4.74 Å². The van der Waals surface area contributed by atoms with Crippen LogP contribution in [-0.4, -0.2) is 29.7 Å². The van der Waals surface area contributed by atoms with Crippen LogP contribution in [0, 0.1) is 6.92 Å². The normalized spacial score (nSPS) is 11.8. The fraction of sp³-hybridized carbons (Fsp3) is 0.444. The highest BCUT2D eigenvalue weighted by atomic mass is 16.5. The highest BCUT2D eigenvalue weighted by Gasteiger charge is 2.05. The molecule has 1 atom stereocenters. The summed E-state index contributed by atoms with van der Waals surface area (Å²) in [6, 6.07) is 10.5. The van der Waals surface area contributed by atoms with Crippen molar-refractivity contribution in [3.05, 3.63) is 41.6 Å². The topological polar surface area (TPSA) is 59.1 Å². The smallest absolute Gasteiger partial charge is 0.225 e. The van der Waals surface area contributed by atoms with Gasteiger partial charge in [-0.15, -0.1) is 0 Å². The number of hydrogen-bond donors (Lipinski definition) is 2. The van der Waals surface area contributed by atoms with E-state index in [1.54, 1.807) is 7.11 Å². The third kappa shape index (κ3) is 5.43. The summed E-state index contributed by atoms with van der Waals surface area (Å²) in [6.45, 7) is 7.08. The van der Waals surface area contributed by atoms with Crippen LogP contribution in [0.25, 0.3) is 0 Å². The monoisotopic (exact) mass is 314 g/mol. The first-order chi connectivity index (χ1) is 11.1. The average molecular weight is 314 g/mol. The number of anilines is 2. The summed E-state index contributed by atoms with van der Waals surface area (Å²) < 4.78 is 5.17. The number of aromatic nitrogens is 2. The third-order valence-corrected chi connectivity index (χ3v) is 3.72. The number of hydrogen-bond acceptors (Lipinski definition) is 5. The number of ether oxygens (including phenoxy) is 1. The number of nitrogens with one attached hydrogen (secondary N) is 2. The SMILES string of the molecule is CCC(C)Nc1nc(C)cc(NCCc2ccc(OC)cc2)n1. The second kappa shape index (κ2) is 8.36. The van der Waals surface area contributed by atoms with E-state index >= 15 is 0 Å². The number of rotatable bonds is 8. The van der Waals surface area contributed by atoms with Gasteiger partial charge in [-0.2, -0.15) is 4.98 Å². The summed E-state index contributed by atoms with van der Waals surface area (Å²) in [5, 5.41) is 6.69. The lowest BCUT2D eigenvalue weighted by atomic mass is 10.1. The summed E-state index contributed by atoms with van der Waals surface area (Å²) in [6.07, 6.45) is 1.97. The van der Waals surface area contributed by atoms with Crippen LogP contribution in [0.5, 0.6) is 5.75 Å². The molecule has 5 heteroatoms. The average Bonchev–Trinajstić information content (AvgIpc) is 2.55. The van der Waals surface area contributed by atoms with Crippen LogP contribution in [-0.2, 0) is 6.42 Å². The molecule has 0 saturated heterocycles. The van der Waals surface area contributed by atoms with Gasteiger partial charge in [0.25, 0.3) is 0 Å². The maximum atomic E-state index is 5.17. The van der Waals surface area contributed by atoms with E-state index in [2.05, 4.69) is 46.6 Å². The molecule has 2 N–H and O–H groups in total. The molecule has 5 nitrogen and oxygen atoms in total. The Kier molecular flexibility index (Phi) is 6.20. The Bertz CT molecular complexity index is 613. The van der Waals surface area contributed by atoms with Crippen LogP contribution in [0.1, 0.15) is 31.5 Å². The van der Waals surface area contributed by atoms with Crippen LogP contribution in [0.4, 0.5) is 11.8 Å². The Morgan fingerprint density at radius 2 is 1.91 bits per heavy atom. The van der Waals surface area contributed by atoms with Gasteiger partial charge in [-0.3, -0.25) is 0 Å². The Morgan fingerprint density at radius 3 is 2.57 bits per heavy atom. The summed E-state index contributed by atoms with van der Waals surface area (Å²) in [5.74, 6) is 2.43.